The van der Waals surface area contributed by atoms with Gasteiger partial charge in [-0.25, -0.2) is 9.97 Å². The van der Waals surface area contributed by atoms with Crippen LogP contribution in [-0.2, 0) is 16.2 Å². The second-order valence-corrected chi connectivity index (χ2v) is 25.5. The van der Waals surface area contributed by atoms with E-state index < -0.39 is 8.07 Å². The van der Waals surface area contributed by atoms with Gasteiger partial charge >= 0.3 is 0 Å². The Hall–Kier alpha value is -5.14. The number of rotatable bonds is 6. The Kier molecular flexibility index (Phi) is 8.79. The predicted molar refractivity (Wildman–Crippen MR) is 241 cm³/mol. The van der Waals surface area contributed by atoms with E-state index in [2.05, 4.69) is 155 Å². The molecule has 8 aromatic rings. The molecule has 0 unspecified atom stereocenters. The number of furan rings is 2. The molecule has 0 atom stereocenters. The van der Waals surface area contributed by atoms with Crippen LogP contribution in [0, 0.1) is 0 Å². The van der Waals surface area contributed by atoms with Gasteiger partial charge in [0.05, 0.1) is 41.5 Å². The van der Waals surface area contributed by atoms with Crippen LogP contribution in [0.15, 0.2) is 87.8 Å². The average molecular weight is 776 g/mol. The summed E-state index contributed by atoms with van der Waals surface area (Å²) in [6, 6.07) is 25.4. The maximum Gasteiger partial charge on any atom is 0.149 e. The van der Waals surface area contributed by atoms with Gasteiger partial charge in [-0.1, -0.05) is 125 Å². The summed E-state index contributed by atoms with van der Waals surface area (Å²) in [6.45, 7) is 31.8. The molecule has 4 aromatic heterocycles. The zero-order valence-electron chi connectivity index (χ0n) is 36.2. The Bertz CT molecular complexity index is 2760. The normalized spacial score (nSPS) is 13.3. The SMILES string of the molecule is CC(C)c1c(C(C)(C)C)cc(-c2cc3oc4cccc5oc(c2)c3c45)nc1-c1cn(-c2ccc(C(C)(C)C)cc2C(C)(C)C)c(-c2ccc([Si](C)(C)C)cc2O)n1. The van der Waals surface area contributed by atoms with Crippen LogP contribution in [0.5, 0.6) is 5.75 Å². The van der Waals surface area contributed by atoms with E-state index in [9.17, 15) is 5.11 Å². The van der Waals surface area contributed by atoms with Crippen LogP contribution < -0.4 is 5.19 Å². The molecule has 0 aliphatic carbocycles. The van der Waals surface area contributed by atoms with Crippen molar-refractivity contribution in [2.75, 3.05) is 0 Å². The molecule has 0 fully saturated rings. The number of benzene rings is 4. The largest absolute Gasteiger partial charge is 0.507 e. The van der Waals surface area contributed by atoms with Gasteiger partial charge in [0.1, 0.15) is 39.6 Å². The highest BCUT2D eigenvalue weighted by Crippen LogP contribution is 2.45. The fourth-order valence-corrected chi connectivity index (χ4v) is 9.43. The topological polar surface area (TPSA) is 77.2 Å². The lowest BCUT2D eigenvalue weighted by Gasteiger charge is -2.28. The Balaban J connectivity index is 1.43. The molecule has 8 rings (SSSR count). The minimum atomic E-state index is -1.70. The first kappa shape index (κ1) is 38.7. The molecule has 0 aliphatic heterocycles. The van der Waals surface area contributed by atoms with Crippen LogP contribution in [0.1, 0.15) is 104 Å². The fourth-order valence-electron chi connectivity index (χ4n) is 8.28. The molecule has 294 valence electrons. The summed E-state index contributed by atoms with van der Waals surface area (Å²) in [7, 11) is -1.70. The van der Waals surface area contributed by atoms with Crippen molar-refractivity contribution in [2.24, 2.45) is 0 Å². The number of nitrogens with zero attached hydrogens (tertiary/aromatic N) is 3. The Morgan fingerprint density at radius 1 is 0.649 bits per heavy atom. The molecular weight excluding hydrogens is 719 g/mol. The van der Waals surface area contributed by atoms with Gasteiger partial charge in [0.2, 0.25) is 0 Å². The standard InChI is InChI=1S/C50H57N3O3Si/c1-28(2)43-34(50(9,10)11)26-35(29-22-41-45-42(23-29)56-40-17-15-16-39(55-41)44(40)45)51-46(43)36-27-53(37-21-18-30(48(3,4)5)24-33(37)49(6,7)8)47(52-36)32-20-19-31(25-38(32)54)57(12,13)14/h15-28,54H,1-14H3. The molecular formula is C50H57N3O3Si. The molecule has 7 heteroatoms. The van der Waals surface area contributed by atoms with Gasteiger partial charge in [-0.05, 0) is 92.9 Å². The lowest BCUT2D eigenvalue weighted by atomic mass is 9.79. The van der Waals surface area contributed by atoms with Gasteiger partial charge < -0.3 is 13.9 Å². The minimum absolute atomic E-state index is 0.0238. The summed E-state index contributed by atoms with van der Waals surface area (Å²) in [5, 5.41) is 15.1. The Labute approximate surface area is 338 Å². The molecule has 4 aromatic carbocycles. The van der Waals surface area contributed by atoms with E-state index in [4.69, 9.17) is 18.8 Å². The Morgan fingerprint density at radius 2 is 1.26 bits per heavy atom. The summed E-state index contributed by atoms with van der Waals surface area (Å²) in [6.07, 6.45) is 2.14. The molecule has 57 heavy (non-hydrogen) atoms. The molecule has 0 bridgehead atoms. The van der Waals surface area contributed by atoms with Crippen LogP contribution in [0.2, 0.25) is 19.6 Å². The van der Waals surface area contributed by atoms with Crippen molar-refractivity contribution in [3.8, 4) is 45.5 Å². The van der Waals surface area contributed by atoms with E-state index >= 15 is 0 Å². The Morgan fingerprint density at radius 3 is 1.81 bits per heavy atom. The number of pyridine rings is 1. The first-order chi connectivity index (χ1) is 26.5. The van der Waals surface area contributed by atoms with Gasteiger partial charge in [-0.3, -0.25) is 4.57 Å². The molecule has 0 spiro atoms. The van der Waals surface area contributed by atoms with Gasteiger partial charge in [-0.15, -0.1) is 0 Å². The van der Waals surface area contributed by atoms with E-state index in [0.717, 1.165) is 67.0 Å². The monoisotopic (exact) mass is 775 g/mol. The van der Waals surface area contributed by atoms with Gasteiger partial charge in [0, 0.05) is 11.8 Å². The highest BCUT2D eigenvalue weighted by molar-refractivity contribution is 6.88. The lowest BCUT2D eigenvalue weighted by molar-refractivity contribution is 0.477. The smallest absolute Gasteiger partial charge is 0.149 e. The van der Waals surface area contributed by atoms with E-state index in [1.54, 1.807) is 0 Å². The third kappa shape index (κ3) is 6.68. The second-order valence-electron chi connectivity index (χ2n) is 20.4. The third-order valence-corrected chi connectivity index (χ3v) is 13.5. The van der Waals surface area contributed by atoms with Gasteiger partial charge in [0.25, 0.3) is 0 Å². The summed E-state index contributed by atoms with van der Waals surface area (Å²) in [5.41, 5.74) is 12.7. The second kappa shape index (κ2) is 12.9. The fraction of sp³-hybridized carbons (Fsp3) is 0.360. The zero-order valence-corrected chi connectivity index (χ0v) is 37.2. The number of phenolic OH excluding ortho intramolecular Hbond substituents is 1. The summed E-state index contributed by atoms with van der Waals surface area (Å²) in [4.78, 5) is 11.0. The third-order valence-electron chi connectivity index (χ3n) is 11.5. The van der Waals surface area contributed by atoms with Crippen molar-refractivity contribution in [1.82, 2.24) is 14.5 Å². The van der Waals surface area contributed by atoms with Crippen molar-refractivity contribution in [3.05, 3.63) is 101 Å². The maximum atomic E-state index is 11.8. The molecule has 6 nitrogen and oxygen atoms in total. The number of aromatic hydroxyl groups is 1. The number of imidazole rings is 1. The van der Waals surface area contributed by atoms with E-state index in [1.165, 1.54) is 21.9 Å². The summed E-state index contributed by atoms with van der Waals surface area (Å²) >= 11 is 0. The highest BCUT2D eigenvalue weighted by Gasteiger charge is 2.31. The van der Waals surface area contributed by atoms with Crippen LogP contribution in [-0.4, -0.2) is 27.7 Å². The first-order valence-electron chi connectivity index (χ1n) is 20.3. The quantitative estimate of drug-likeness (QED) is 0.170. The average Bonchev–Trinajstić information content (AvgIpc) is 3.83. The molecule has 1 N–H and O–H groups in total. The number of hydrogen-bond donors (Lipinski definition) is 1. The van der Waals surface area contributed by atoms with Crippen LogP contribution in [0.4, 0.5) is 0 Å². The number of hydrogen-bond acceptors (Lipinski definition) is 5. The molecule has 0 radical (unpaired) electrons. The molecule has 0 aliphatic rings. The summed E-state index contributed by atoms with van der Waals surface area (Å²) in [5.74, 6) is 1.07. The predicted octanol–water partition coefficient (Wildman–Crippen LogP) is 13.6. The summed E-state index contributed by atoms with van der Waals surface area (Å²) < 4.78 is 15.0. The maximum absolute atomic E-state index is 11.8. The molecule has 0 saturated carbocycles. The van der Waals surface area contributed by atoms with Crippen molar-refractivity contribution < 1.29 is 13.9 Å². The molecule has 4 heterocycles. The van der Waals surface area contributed by atoms with Crippen LogP contribution >= 0.6 is 0 Å². The zero-order chi connectivity index (χ0) is 41.1. The van der Waals surface area contributed by atoms with Crippen LogP contribution in [0.3, 0.4) is 0 Å². The van der Waals surface area contributed by atoms with Crippen LogP contribution in [0.25, 0.3) is 72.8 Å². The van der Waals surface area contributed by atoms with Gasteiger partial charge in [0.15, 0.2) is 0 Å². The van der Waals surface area contributed by atoms with E-state index in [0.29, 0.717) is 11.4 Å². The van der Waals surface area contributed by atoms with Crippen molar-refractivity contribution >= 4 is 46.4 Å². The van der Waals surface area contributed by atoms with Crippen molar-refractivity contribution in [3.63, 3.8) is 0 Å². The first-order valence-corrected chi connectivity index (χ1v) is 23.8. The van der Waals surface area contributed by atoms with E-state index in [1.807, 2.05) is 24.3 Å². The minimum Gasteiger partial charge on any atom is -0.507 e. The highest BCUT2D eigenvalue weighted by atomic mass is 28.3. The number of aromatic nitrogens is 3. The number of phenols is 1. The van der Waals surface area contributed by atoms with Crippen molar-refractivity contribution in [1.29, 1.82) is 0 Å². The van der Waals surface area contributed by atoms with E-state index in [-0.39, 0.29) is 27.9 Å². The lowest BCUT2D eigenvalue weighted by Crippen LogP contribution is -2.37. The van der Waals surface area contributed by atoms with Crippen molar-refractivity contribution in [2.45, 2.75) is 118 Å². The molecule has 0 amide bonds. The van der Waals surface area contributed by atoms with Gasteiger partial charge in [-0.2, -0.15) is 0 Å². The molecule has 0 saturated heterocycles.